The first kappa shape index (κ1) is 89.6. The largest absolute Gasteiger partial charge is 0.132 e. The van der Waals surface area contributed by atoms with E-state index >= 15 is 0 Å². The van der Waals surface area contributed by atoms with Gasteiger partial charge in [0.1, 0.15) is 8.80 Å². The Labute approximate surface area is 530 Å². The van der Waals surface area contributed by atoms with Crippen LogP contribution in [0.15, 0.2) is 218 Å². The van der Waals surface area contributed by atoms with Crippen molar-refractivity contribution in [2.45, 2.75) is 224 Å². The third-order valence-corrected chi connectivity index (χ3v) is 21.8. The quantitative estimate of drug-likeness (QED) is 0.0894. The maximum absolute atomic E-state index is 2.49. The molecule has 0 aliphatic carbocycles. The molecule has 0 N–H and O–H groups in total. The number of hydrogen-bond donors (Lipinski definition) is 0. The van der Waals surface area contributed by atoms with Crippen LogP contribution in [0.5, 0.6) is 0 Å². The van der Waals surface area contributed by atoms with Crippen LogP contribution in [0.2, 0.25) is 13.1 Å². The van der Waals surface area contributed by atoms with Crippen LogP contribution in [0.25, 0.3) is 0 Å². The van der Waals surface area contributed by atoms with Gasteiger partial charge in [0.2, 0.25) is 0 Å². The van der Waals surface area contributed by atoms with E-state index in [-0.39, 0.29) is 9.52 Å². The Morgan fingerprint density at radius 2 is 0.583 bits per heavy atom. The third kappa shape index (κ3) is 40.6. The van der Waals surface area contributed by atoms with Crippen molar-refractivity contribution in [2.24, 2.45) is 0 Å². The summed E-state index contributed by atoms with van der Waals surface area (Å²) in [6.45, 7) is 58.5. The summed E-state index contributed by atoms with van der Waals surface area (Å²) in [6.07, 6.45) is 4.92. The lowest BCUT2D eigenvalue weighted by Crippen LogP contribution is -2.52. The Morgan fingerprint density at radius 1 is 0.321 bits per heavy atom. The molecule has 0 amide bonds. The SMILES string of the molecule is CC.CC.CC.CC.CC.CC.CC.CC.CC.CC(c1ccc([SiH](c2ccccc2)c2ccccc2)cc1)[Si](C)(C)c1ccccc1.CCCC.CCc1ccc(C)cc1.CCc1ccc(C)cc1.Cc1ccc([SiH2]c2ccccc2)cc1. The van der Waals surface area contributed by atoms with Crippen LogP contribution in [0.3, 0.4) is 0 Å². The molecule has 0 spiro atoms. The van der Waals surface area contributed by atoms with Crippen molar-refractivity contribution in [1.82, 2.24) is 0 Å². The highest BCUT2D eigenvalue weighted by molar-refractivity contribution is 6.95. The minimum atomic E-state index is -1.58. The average molecular weight is 1190 g/mol. The Kier molecular flexibility index (Phi) is 69.3. The van der Waals surface area contributed by atoms with E-state index in [9.17, 15) is 0 Å². The fourth-order valence-corrected chi connectivity index (χ4v) is 14.5. The van der Waals surface area contributed by atoms with Gasteiger partial charge < -0.3 is 0 Å². The lowest BCUT2D eigenvalue weighted by molar-refractivity contribution is 0.886. The minimum Gasteiger partial charge on any atom is -0.0683 e. The number of rotatable bonds is 11. The molecule has 0 aliphatic heterocycles. The zero-order chi connectivity index (χ0) is 65.6. The van der Waals surface area contributed by atoms with E-state index in [1.807, 2.05) is 125 Å². The fraction of sp³-hybridized carbons (Fsp3) is 0.407. The zero-order valence-corrected chi connectivity index (χ0v) is 63.5. The van der Waals surface area contributed by atoms with Crippen LogP contribution in [-0.2, 0) is 12.8 Å². The van der Waals surface area contributed by atoms with Gasteiger partial charge in [-0.25, -0.2) is 0 Å². The summed E-state index contributed by atoms with van der Waals surface area (Å²) in [7, 11) is -3.29. The molecule has 0 saturated heterocycles. The van der Waals surface area contributed by atoms with Crippen molar-refractivity contribution in [3.8, 4) is 0 Å². The smallest absolute Gasteiger partial charge is 0.0683 e. The van der Waals surface area contributed by atoms with Crippen LogP contribution >= 0.6 is 0 Å². The van der Waals surface area contributed by atoms with E-state index in [1.165, 1.54) is 77.3 Å². The van der Waals surface area contributed by atoms with Crippen molar-refractivity contribution in [1.29, 1.82) is 0 Å². The lowest BCUT2D eigenvalue weighted by atomic mass is 10.1. The predicted octanol–water partition coefficient (Wildman–Crippen LogP) is 21.5. The molecule has 0 heterocycles. The topological polar surface area (TPSA) is 0 Å². The van der Waals surface area contributed by atoms with Gasteiger partial charge in [-0.1, -0.05) is 451 Å². The second-order valence-corrected chi connectivity index (χ2v) is 27.8. The summed E-state index contributed by atoms with van der Waals surface area (Å²) in [5.41, 5.74) is 8.90. The molecule has 0 bridgehead atoms. The van der Waals surface area contributed by atoms with Gasteiger partial charge in [-0.2, -0.15) is 0 Å². The van der Waals surface area contributed by atoms with Crippen molar-refractivity contribution < 1.29 is 0 Å². The Bertz CT molecular complexity index is 2360. The van der Waals surface area contributed by atoms with Gasteiger partial charge in [-0.15, -0.1) is 0 Å². The molecule has 0 radical (unpaired) electrons. The van der Waals surface area contributed by atoms with E-state index in [4.69, 9.17) is 0 Å². The second kappa shape index (κ2) is 65.0. The van der Waals surface area contributed by atoms with Crippen LogP contribution < -0.4 is 31.1 Å². The monoisotopic (exact) mass is 1190 g/mol. The van der Waals surface area contributed by atoms with Gasteiger partial charge in [0.05, 0.1) is 17.6 Å². The lowest BCUT2D eigenvalue weighted by Gasteiger charge is -2.31. The van der Waals surface area contributed by atoms with Gasteiger partial charge in [-0.05, 0) is 55.8 Å². The van der Waals surface area contributed by atoms with Crippen molar-refractivity contribution >= 4 is 57.5 Å². The molecule has 0 saturated carbocycles. The first-order valence-electron chi connectivity index (χ1n) is 33.4. The second-order valence-electron chi connectivity index (χ2n) is 18.1. The van der Waals surface area contributed by atoms with E-state index < -0.39 is 16.9 Å². The van der Waals surface area contributed by atoms with Gasteiger partial charge in [0.25, 0.3) is 0 Å². The highest BCUT2D eigenvalue weighted by Crippen LogP contribution is 2.26. The van der Waals surface area contributed by atoms with E-state index in [1.54, 1.807) is 0 Å². The van der Waals surface area contributed by atoms with Crippen LogP contribution in [0.1, 0.15) is 211 Å². The maximum atomic E-state index is 2.49. The van der Waals surface area contributed by atoms with E-state index in [0.717, 1.165) is 12.8 Å². The van der Waals surface area contributed by atoms with Crippen LogP contribution in [0.4, 0.5) is 0 Å². The number of unbranched alkanes of at least 4 members (excludes halogenated alkanes) is 1. The summed E-state index contributed by atoms with van der Waals surface area (Å²) in [5.74, 6) is 0. The fourth-order valence-electron chi connectivity index (χ4n) is 7.56. The van der Waals surface area contributed by atoms with Crippen molar-refractivity contribution in [3.63, 3.8) is 0 Å². The first-order valence-corrected chi connectivity index (χ1v) is 39.7. The number of benzene rings is 8. The van der Waals surface area contributed by atoms with Gasteiger partial charge in [-0.3, -0.25) is 0 Å². The molecule has 8 aromatic carbocycles. The van der Waals surface area contributed by atoms with Gasteiger partial charge in [0.15, 0.2) is 0 Å². The van der Waals surface area contributed by atoms with Crippen LogP contribution in [0, 0.1) is 20.8 Å². The van der Waals surface area contributed by atoms with Crippen molar-refractivity contribution in [2.75, 3.05) is 0 Å². The molecule has 8 rings (SSSR count). The number of hydrogen-bond acceptors (Lipinski definition) is 0. The summed E-state index contributed by atoms with van der Waals surface area (Å²) < 4.78 is 0. The van der Waals surface area contributed by atoms with Crippen LogP contribution in [-0.4, -0.2) is 26.4 Å². The molecule has 0 aromatic heterocycles. The Balaban J connectivity index is -0.000000236. The molecule has 84 heavy (non-hydrogen) atoms. The summed E-state index contributed by atoms with van der Waals surface area (Å²) in [6, 6.07) is 79.8. The molecule has 0 aliphatic rings. The normalized spacial score (nSPS) is 9.39. The molecule has 1 atom stereocenters. The molecular formula is C81H132Si3. The van der Waals surface area contributed by atoms with E-state index in [0.29, 0.717) is 5.54 Å². The average Bonchev–Trinajstić information content (AvgIpc) is 3.74. The summed E-state index contributed by atoms with van der Waals surface area (Å²) in [5, 5.41) is 9.00. The molecule has 468 valence electrons. The Hall–Kier alpha value is -5.59. The molecule has 3 heteroatoms. The van der Waals surface area contributed by atoms with E-state index in [2.05, 4.69) is 287 Å². The molecule has 0 nitrogen and oxygen atoms in total. The highest BCUT2D eigenvalue weighted by Gasteiger charge is 2.31. The molecule has 8 aromatic rings. The third-order valence-electron chi connectivity index (χ3n) is 12.6. The maximum Gasteiger partial charge on any atom is 0.132 e. The predicted molar refractivity (Wildman–Crippen MR) is 407 cm³/mol. The summed E-state index contributed by atoms with van der Waals surface area (Å²) in [4.78, 5) is 0. The minimum absolute atomic E-state index is 0.250. The zero-order valence-electron chi connectivity index (χ0n) is 60.0. The Morgan fingerprint density at radius 3 is 0.881 bits per heavy atom. The highest BCUT2D eigenvalue weighted by atomic mass is 28.3. The standard InChI is InChI=1S/C28H30Si2.C13H14Si.2C9H12.C4H10.9C2H6/c1-23(30(2,3)28-17-11-6-12-18-28)24-19-21-27(22-20-24)29(25-13-7-4-8-14-25)26-15-9-5-10-16-26;1-11-7-9-13(10-8-11)14-12-5-3-2-4-6-12;2*1-3-9-6-4-8(2)5-7-9;1-3-4-2;9*1-2/h4-23,29H,1-3H3;2-10H,14H2,1H3;2*4-7H,3H2,1-2H3;3-4H2,1-2H3;9*1-2H3. The number of aryl methyl sites for hydroxylation is 5. The van der Waals surface area contributed by atoms with Gasteiger partial charge >= 0.3 is 0 Å². The molecule has 1 unspecified atom stereocenters. The molecule has 0 fully saturated rings. The first-order chi connectivity index (χ1) is 41.0. The molecular weight excluding hydrogens is 1060 g/mol. The van der Waals surface area contributed by atoms with Gasteiger partial charge in [0, 0.05) is 0 Å². The summed E-state index contributed by atoms with van der Waals surface area (Å²) >= 11 is 0. The van der Waals surface area contributed by atoms with Crippen molar-refractivity contribution in [3.05, 3.63) is 252 Å².